The molecule has 0 aliphatic carbocycles. The van der Waals surface area contributed by atoms with Crippen molar-refractivity contribution in [1.29, 1.82) is 0 Å². The van der Waals surface area contributed by atoms with E-state index in [1.807, 2.05) is 48.5 Å². The van der Waals surface area contributed by atoms with Crippen LogP contribution in [-0.4, -0.2) is 27.8 Å². The topological polar surface area (TPSA) is 26.3 Å². The molecule has 0 rings (SSSR count). The van der Waals surface area contributed by atoms with Crippen molar-refractivity contribution in [2.45, 2.75) is 59.7 Å². The minimum Gasteiger partial charge on any atom is -0.368 e. The number of thioether (sulfide) groups is 1. The second-order valence-corrected chi connectivity index (χ2v) is 7.87. The zero-order chi connectivity index (χ0) is 13.9. The summed E-state index contributed by atoms with van der Waals surface area (Å²) in [5.41, 5.74) is -0.879. The van der Waals surface area contributed by atoms with Gasteiger partial charge in [0.15, 0.2) is 5.12 Å². The maximum Gasteiger partial charge on any atom is 0.194 e. The van der Waals surface area contributed by atoms with E-state index in [4.69, 9.17) is 4.74 Å². The molecule has 0 fully saturated rings. The summed E-state index contributed by atoms with van der Waals surface area (Å²) in [5.74, 6) is 1.33. The third-order valence-corrected chi connectivity index (χ3v) is 4.57. The molecule has 0 aromatic heterocycles. The first-order valence-corrected chi connectivity index (χ1v) is 7.50. The lowest BCUT2D eigenvalue weighted by atomic mass is 10.00. The first kappa shape index (κ1) is 17.3. The molecule has 17 heavy (non-hydrogen) atoms. The fourth-order valence-electron chi connectivity index (χ4n) is 1.27. The van der Waals surface area contributed by atoms with Gasteiger partial charge in [0.1, 0.15) is 0 Å². The van der Waals surface area contributed by atoms with Crippen LogP contribution in [0.1, 0.15) is 48.5 Å². The molecule has 0 aliphatic heterocycles. The quantitative estimate of drug-likeness (QED) is 0.775. The van der Waals surface area contributed by atoms with Crippen LogP contribution in [0.5, 0.6) is 0 Å². The van der Waals surface area contributed by atoms with Crippen molar-refractivity contribution in [2.24, 2.45) is 5.41 Å². The fourth-order valence-corrected chi connectivity index (χ4v) is 2.30. The van der Waals surface area contributed by atoms with Gasteiger partial charge in [0, 0.05) is 16.9 Å². The standard InChI is InChI=1S/C13H26O2S2/c1-11(2,3)10(14)17-9-13(6,7)15-12(4,5)8-16/h16H,8-9H2,1-7H3. The number of carbonyl (C=O) groups excluding carboxylic acids is 1. The van der Waals surface area contributed by atoms with Crippen molar-refractivity contribution in [2.75, 3.05) is 11.5 Å². The highest BCUT2D eigenvalue weighted by Gasteiger charge is 2.31. The van der Waals surface area contributed by atoms with Crippen LogP contribution in [0.2, 0.25) is 0 Å². The molecular weight excluding hydrogens is 252 g/mol. The van der Waals surface area contributed by atoms with Crippen molar-refractivity contribution < 1.29 is 9.53 Å². The van der Waals surface area contributed by atoms with Gasteiger partial charge in [-0.1, -0.05) is 32.5 Å². The lowest BCUT2D eigenvalue weighted by Crippen LogP contribution is -2.40. The van der Waals surface area contributed by atoms with E-state index in [9.17, 15) is 4.79 Å². The molecule has 4 heteroatoms. The molecule has 0 spiro atoms. The summed E-state index contributed by atoms with van der Waals surface area (Å²) in [6.45, 7) is 13.9. The molecule has 0 unspecified atom stereocenters. The summed E-state index contributed by atoms with van der Waals surface area (Å²) in [7, 11) is 0. The molecule has 2 nitrogen and oxygen atoms in total. The predicted molar refractivity (Wildman–Crippen MR) is 80.0 cm³/mol. The summed E-state index contributed by atoms with van der Waals surface area (Å²) in [5, 5.41) is 0.206. The van der Waals surface area contributed by atoms with E-state index in [1.54, 1.807) is 0 Å². The van der Waals surface area contributed by atoms with Crippen LogP contribution in [0, 0.1) is 5.41 Å². The Hall–Kier alpha value is 0.330. The van der Waals surface area contributed by atoms with E-state index in [2.05, 4.69) is 12.6 Å². The van der Waals surface area contributed by atoms with Gasteiger partial charge < -0.3 is 4.74 Å². The molecule has 0 saturated carbocycles. The molecular formula is C13H26O2S2. The Labute approximate surface area is 116 Å². The van der Waals surface area contributed by atoms with E-state index in [1.165, 1.54) is 11.8 Å². The molecule has 0 atom stereocenters. The summed E-state index contributed by atoms with van der Waals surface area (Å²) < 4.78 is 5.99. The van der Waals surface area contributed by atoms with Crippen LogP contribution in [0.3, 0.4) is 0 Å². The fraction of sp³-hybridized carbons (Fsp3) is 0.923. The molecule has 102 valence electrons. The van der Waals surface area contributed by atoms with Crippen LogP contribution in [-0.2, 0) is 9.53 Å². The molecule has 0 bridgehead atoms. The molecule has 0 amide bonds. The summed E-state index contributed by atoms with van der Waals surface area (Å²) >= 11 is 5.62. The third-order valence-electron chi connectivity index (χ3n) is 2.10. The molecule has 0 heterocycles. The third kappa shape index (κ3) is 7.37. The zero-order valence-electron chi connectivity index (χ0n) is 12.1. The Balaban J connectivity index is 4.33. The highest BCUT2D eigenvalue weighted by atomic mass is 32.2. The zero-order valence-corrected chi connectivity index (χ0v) is 13.8. The van der Waals surface area contributed by atoms with Crippen molar-refractivity contribution in [3.05, 3.63) is 0 Å². The van der Waals surface area contributed by atoms with E-state index in [-0.39, 0.29) is 21.7 Å². The van der Waals surface area contributed by atoms with Gasteiger partial charge >= 0.3 is 0 Å². The minimum absolute atomic E-state index is 0.206. The maximum absolute atomic E-state index is 11.8. The van der Waals surface area contributed by atoms with Gasteiger partial charge in [0.05, 0.1) is 11.2 Å². The van der Waals surface area contributed by atoms with Crippen LogP contribution in [0.25, 0.3) is 0 Å². The summed E-state index contributed by atoms with van der Waals surface area (Å²) in [6, 6.07) is 0. The van der Waals surface area contributed by atoms with Gasteiger partial charge in [-0.2, -0.15) is 12.6 Å². The highest BCUT2D eigenvalue weighted by Crippen LogP contribution is 2.29. The second-order valence-electron chi connectivity index (χ2n) is 6.61. The van der Waals surface area contributed by atoms with Crippen LogP contribution in [0.15, 0.2) is 0 Å². The molecule has 0 N–H and O–H groups in total. The van der Waals surface area contributed by atoms with Crippen molar-refractivity contribution in [3.8, 4) is 0 Å². The van der Waals surface area contributed by atoms with Gasteiger partial charge in [-0.05, 0) is 27.7 Å². The number of hydrogen-bond acceptors (Lipinski definition) is 4. The lowest BCUT2D eigenvalue weighted by Gasteiger charge is -2.35. The Bertz CT molecular complexity index is 265. The van der Waals surface area contributed by atoms with Gasteiger partial charge in [-0.15, -0.1) is 0 Å². The second kappa shape index (κ2) is 5.98. The van der Waals surface area contributed by atoms with Crippen molar-refractivity contribution >= 4 is 29.5 Å². The first-order chi connectivity index (χ1) is 7.40. The number of hydrogen-bond donors (Lipinski definition) is 1. The lowest BCUT2D eigenvalue weighted by molar-refractivity contribution is -0.118. The maximum atomic E-state index is 11.8. The Morgan fingerprint density at radius 3 is 1.88 bits per heavy atom. The molecule has 0 aromatic rings. The Morgan fingerprint density at radius 1 is 1.06 bits per heavy atom. The van der Waals surface area contributed by atoms with Gasteiger partial charge in [0.2, 0.25) is 0 Å². The number of thiol groups is 1. The predicted octanol–water partition coefficient (Wildman–Crippen LogP) is 3.80. The number of ether oxygens (including phenoxy) is 1. The molecule has 0 aliphatic rings. The van der Waals surface area contributed by atoms with Crippen LogP contribution in [0.4, 0.5) is 0 Å². The average Bonchev–Trinajstić information content (AvgIpc) is 2.11. The monoisotopic (exact) mass is 278 g/mol. The SMILES string of the molecule is CC(C)(CS)OC(C)(C)CSC(=O)C(C)(C)C. The van der Waals surface area contributed by atoms with E-state index in [0.717, 1.165) is 0 Å². The van der Waals surface area contributed by atoms with E-state index < -0.39 is 0 Å². The van der Waals surface area contributed by atoms with Crippen LogP contribution < -0.4 is 0 Å². The molecule has 0 radical (unpaired) electrons. The van der Waals surface area contributed by atoms with Crippen LogP contribution >= 0.6 is 24.4 Å². The highest BCUT2D eigenvalue weighted by molar-refractivity contribution is 8.13. The first-order valence-electron chi connectivity index (χ1n) is 5.88. The largest absolute Gasteiger partial charge is 0.368 e. The van der Waals surface area contributed by atoms with E-state index in [0.29, 0.717) is 11.5 Å². The normalized spacial score (nSPS) is 13.9. The summed E-state index contributed by atoms with van der Waals surface area (Å²) in [4.78, 5) is 11.8. The number of rotatable bonds is 5. The Kier molecular flexibility index (Phi) is 6.10. The van der Waals surface area contributed by atoms with Gasteiger partial charge in [-0.25, -0.2) is 0 Å². The average molecular weight is 278 g/mol. The van der Waals surface area contributed by atoms with E-state index >= 15 is 0 Å². The molecule has 0 saturated heterocycles. The summed E-state index contributed by atoms with van der Waals surface area (Å²) in [6.07, 6.45) is 0. The Morgan fingerprint density at radius 2 is 1.53 bits per heavy atom. The minimum atomic E-state index is -0.322. The molecule has 0 aromatic carbocycles. The smallest absolute Gasteiger partial charge is 0.194 e. The number of carbonyl (C=O) groups is 1. The van der Waals surface area contributed by atoms with Crippen molar-refractivity contribution in [1.82, 2.24) is 0 Å². The van der Waals surface area contributed by atoms with Gasteiger partial charge in [0.25, 0.3) is 0 Å². The van der Waals surface area contributed by atoms with Gasteiger partial charge in [-0.3, -0.25) is 4.79 Å². The van der Waals surface area contributed by atoms with Crippen molar-refractivity contribution in [3.63, 3.8) is 0 Å².